The highest BCUT2D eigenvalue weighted by Gasteiger charge is 2.35. The molecule has 0 radical (unpaired) electrons. The smallest absolute Gasteiger partial charge is 0.434 e. The molecule has 0 bridgehead atoms. The number of benzene rings is 1. The van der Waals surface area contributed by atoms with Crippen molar-refractivity contribution in [2.75, 3.05) is 13.7 Å². The summed E-state index contributed by atoms with van der Waals surface area (Å²) in [7, 11) is 1.84. The first-order chi connectivity index (χ1) is 22.3. The van der Waals surface area contributed by atoms with Crippen LogP contribution in [-0.2, 0) is 31.3 Å². The van der Waals surface area contributed by atoms with Crippen LogP contribution in [0.5, 0.6) is 11.8 Å². The van der Waals surface area contributed by atoms with Gasteiger partial charge in [0.05, 0.1) is 18.3 Å². The quantitative estimate of drug-likeness (QED) is 0.100. The molecule has 0 atom stereocenters. The normalized spacial score (nSPS) is 13.8. The molecule has 1 aliphatic rings. The van der Waals surface area contributed by atoms with E-state index in [4.69, 9.17) is 24.2 Å². The standard InChI is InChI=1S/C33H38F3N7O3Si/c1-20-15-24-28(43(20)19-45-13-14-47(4,5)6)32(41-29(39-24)26-27(22-11-12-22)37-18-38-31(26)44-3)46-17-21-7-9-23(10-8-21)30-40-25(16-42(30)2)33(34,35)36/h7-10,15-16,18,22H,11-14,17,19H2,1-6H3. The van der Waals surface area contributed by atoms with Crippen molar-refractivity contribution in [3.8, 4) is 34.5 Å². The van der Waals surface area contributed by atoms with Crippen LogP contribution < -0.4 is 9.47 Å². The van der Waals surface area contributed by atoms with Gasteiger partial charge in [0.15, 0.2) is 11.5 Å². The van der Waals surface area contributed by atoms with Crippen molar-refractivity contribution < 1.29 is 27.4 Å². The fourth-order valence-electron chi connectivity index (χ4n) is 5.36. The Morgan fingerprint density at radius 3 is 2.38 bits per heavy atom. The van der Waals surface area contributed by atoms with Crippen LogP contribution in [0.4, 0.5) is 13.2 Å². The van der Waals surface area contributed by atoms with Crippen LogP contribution >= 0.6 is 0 Å². The highest BCUT2D eigenvalue weighted by molar-refractivity contribution is 6.76. The second-order valence-corrected chi connectivity index (χ2v) is 18.7. The monoisotopic (exact) mass is 665 g/mol. The highest BCUT2D eigenvalue weighted by Crippen LogP contribution is 2.45. The van der Waals surface area contributed by atoms with Crippen LogP contribution in [-0.4, -0.2) is 55.8 Å². The Bertz CT molecular complexity index is 1900. The molecule has 0 N–H and O–H groups in total. The Morgan fingerprint density at radius 1 is 1.00 bits per heavy atom. The van der Waals surface area contributed by atoms with E-state index in [-0.39, 0.29) is 12.4 Å². The molecule has 0 saturated heterocycles. The highest BCUT2D eigenvalue weighted by atomic mass is 28.3. The summed E-state index contributed by atoms with van der Waals surface area (Å²) in [5.41, 5.74) is 4.27. The van der Waals surface area contributed by atoms with Crippen molar-refractivity contribution in [2.45, 2.75) is 70.9 Å². The van der Waals surface area contributed by atoms with Crippen molar-refractivity contribution in [3.63, 3.8) is 0 Å². The molecule has 0 amide bonds. The van der Waals surface area contributed by atoms with E-state index in [0.29, 0.717) is 59.0 Å². The summed E-state index contributed by atoms with van der Waals surface area (Å²) < 4.78 is 61.2. The summed E-state index contributed by atoms with van der Waals surface area (Å²) in [6.45, 7) is 10.1. The Hall–Kier alpha value is -4.30. The van der Waals surface area contributed by atoms with Gasteiger partial charge >= 0.3 is 6.18 Å². The molecule has 1 fully saturated rings. The number of imidazole rings is 1. The van der Waals surface area contributed by atoms with E-state index in [2.05, 4.69) is 34.6 Å². The molecule has 0 spiro atoms. The Labute approximate surface area is 272 Å². The van der Waals surface area contributed by atoms with Gasteiger partial charge in [0, 0.05) is 45.1 Å². The molecule has 1 saturated carbocycles. The number of hydrogen-bond donors (Lipinski definition) is 0. The van der Waals surface area contributed by atoms with E-state index in [1.807, 2.05) is 17.6 Å². The lowest BCUT2D eigenvalue weighted by molar-refractivity contribution is -0.140. The van der Waals surface area contributed by atoms with E-state index >= 15 is 0 Å². The summed E-state index contributed by atoms with van der Waals surface area (Å²) >= 11 is 0. The lowest BCUT2D eigenvalue weighted by Gasteiger charge is -2.17. The number of rotatable bonds is 12. The third-order valence-corrected chi connectivity index (χ3v) is 9.82. The van der Waals surface area contributed by atoms with Crippen LogP contribution in [0.1, 0.15) is 41.4 Å². The number of aromatic nitrogens is 7. The van der Waals surface area contributed by atoms with Gasteiger partial charge in [-0.05, 0) is 37.4 Å². The molecule has 1 aliphatic carbocycles. The van der Waals surface area contributed by atoms with Gasteiger partial charge in [0.1, 0.15) is 36.6 Å². The van der Waals surface area contributed by atoms with Crippen molar-refractivity contribution >= 4 is 19.1 Å². The molecule has 5 aromatic rings. The van der Waals surface area contributed by atoms with Gasteiger partial charge in [-0.2, -0.15) is 18.2 Å². The van der Waals surface area contributed by atoms with Gasteiger partial charge in [-0.15, -0.1) is 0 Å². The van der Waals surface area contributed by atoms with Gasteiger partial charge in [0.2, 0.25) is 11.8 Å². The predicted molar refractivity (Wildman–Crippen MR) is 174 cm³/mol. The van der Waals surface area contributed by atoms with Crippen LogP contribution in [0.3, 0.4) is 0 Å². The van der Waals surface area contributed by atoms with E-state index in [1.54, 1.807) is 38.4 Å². The van der Waals surface area contributed by atoms with E-state index in [0.717, 1.165) is 42.0 Å². The minimum atomic E-state index is -4.52. The number of methoxy groups -OCH3 is 1. The Balaban J connectivity index is 1.34. The topological polar surface area (TPSA) is 102 Å². The number of nitrogens with zero attached hydrogens (tertiary/aromatic N) is 7. The third kappa shape index (κ3) is 7.17. The number of fused-ring (bicyclic) bond motifs is 1. The van der Waals surface area contributed by atoms with E-state index in [1.165, 1.54) is 10.9 Å². The lowest BCUT2D eigenvalue weighted by atomic mass is 10.1. The minimum absolute atomic E-state index is 0.152. The molecule has 0 aliphatic heterocycles. The van der Waals surface area contributed by atoms with Gasteiger partial charge in [0.25, 0.3) is 0 Å². The molecule has 10 nitrogen and oxygen atoms in total. The Kier molecular flexibility index (Phi) is 8.83. The fraction of sp³-hybridized carbons (Fsp3) is 0.424. The largest absolute Gasteiger partial charge is 0.480 e. The summed E-state index contributed by atoms with van der Waals surface area (Å²) in [5, 5.41) is 0. The zero-order valence-corrected chi connectivity index (χ0v) is 28.4. The maximum absolute atomic E-state index is 13.2. The number of aryl methyl sites for hydroxylation is 2. The first-order valence-corrected chi connectivity index (χ1v) is 19.2. The molecule has 14 heteroatoms. The summed E-state index contributed by atoms with van der Waals surface area (Å²) in [4.78, 5) is 22.6. The summed E-state index contributed by atoms with van der Waals surface area (Å²) in [5.74, 6) is 1.69. The van der Waals surface area contributed by atoms with Crippen LogP contribution in [0.25, 0.3) is 33.8 Å². The van der Waals surface area contributed by atoms with Crippen LogP contribution in [0.2, 0.25) is 25.7 Å². The van der Waals surface area contributed by atoms with Crippen LogP contribution in [0.15, 0.2) is 42.9 Å². The maximum Gasteiger partial charge on any atom is 0.434 e. The second-order valence-electron chi connectivity index (χ2n) is 13.1. The molecular formula is C33H38F3N7O3Si. The van der Waals surface area contributed by atoms with Crippen molar-refractivity contribution in [2.24, 2.45) is 7.05 Å². The molecular weight excluding hydrogens is 627 g/mol. The molecule has 1 aromatic carbocycles. The van der Waals surface area contributed by atoms with Crippen molar-refractivity contribution in [1.29, 1.82) is 0 Å². The fourth-order valence-corrected chi connectivity index (χ4v) is 6.11. The van der Waals surface area contributed by atoms with Gasteiger partial charge in [-0.3, -0.25) is 0 Å². The molecule has 248 valence electrons. The maximum atomic E-state index is 13.2. The average Bonchev–Trinajstić information content (AvgIpc) is 3.71. The lowest BCUT2D eigenvalue weighted by Crippen LogP contribution is -2.22. The summed E-state index contributed by atoms with van der Waals surface area (Å²) in [6, 6.07) is 10.1. The minimum Gasteiger partial charge on any atom is -0.480 e. The van der Waals surface area contributed by atoms with Crippen molar-refractivity contribution in [3.05, 3.63) is 65.5 Å². The number of halogens is 3. The molecule has 47 heavy (non-hydrogen) atoms. The SMILES string of the molecule is COc1ncnc(C2CC2)c1-c1nc(OCc2ccc(-c3nc(C(F)(F)F)cn3C)cc2)c2c(cc(C)n2COCC[Si](C)(C)C)n1. The zero-order chi connectivity index (χ0) is 33.5. The van der Waals surface area contributed by atoms with Gasteiger partial charge < -0.3 is 23.3 Å². The van der Waals surface area contributed by atoms with E-state index < -0.39 is 19.9 Å². The Morgan fingerprint density at radius 2 is 1.74 bits per heavy atom. The van der Waals surface area contributed by atoms with Gasteiger partial charge in [-0.25, -0.2) is 19.9 Å². The molecule has 0 unspecified atom stereocenters. The van der Waals surface area contributed by atoms with Gasteiger partial charge in [-0.1, -0.05) is 43.9 Å². The molecule has 4 aromatic heterocycles. The van der Waals surface area contributed by atoms with Crippen molar-refractivity contribution in [1.82, 2.24) is 34.1 Å². The van der Waals surface area contributed by atoms with E-state index in [9.17, 15) is 13.2 Å². The molecule has 4 heterocycles. The second kappa shape index (κ2) is 12.7. The zero-order valence-electron chi connectivity index (χ0n) is 27.4. The number of alkyl halides is 3. The first-order valence-electron chi connectivity index (χ1n) is 15.5. The first kappa shape index (κ1) is 32.6. The number of hydrogen-bond acceptors (Lipinski definition) is 8. The van der Waals surface area contributed by atoms with Crippen LogP contribution in [0, 0.1) is 6.92 Å². The number of ether oxygens (including phenoxy) is 3. The predicted octanol–water partition coefficient (Wildman–Crippen LogP) is 7.39. The molecule has 6 rings (SSSR count). The summed E-state index contributed by atoms with van der Waals surface area (Å²) in [6.07, 6.45) is 0.0142. The average molecular weight is 666 g/mol. The third-order valence-electron chi connectivity index (χ3n) is 8.11.